The molecule has 1 atom stereocenters. The van der Waals surface area contributed by atoms with Crippen molar-refractivity contribution in [2.75, 3.05) is 19.8 Å². The minimum Gasteiger partial charge on any atom is -0.391 e. The summed E-state index contributed by atoms with van der Waals surface area (Å²) in [6.45, 7) is 24.9. The first kappa shape index (κ1) is 27.3. The average molecular weight is 370 g/mol. The summed E-state index contributed by atoms with van der Waals surface area (Å²) in [5.41, 5.74) is 0.348. The first-order valence-corrected chi connectivity index (χ1v) is 9.53. The van der Waals surface area contributed by atoms with Crippen molar-refractivity contribution in [1.29, 1.82) is 0 Å². The summed E-state index contributed by atoms with van der Waals surface area (Å²) in [6, 6.07) is 0. The highest BCUT2D eigenvalue weighted by atomic mass is 16.5. The van der Waals surface area contributed by atoms with Crippen LogP contribution in [0.25, 0.3) is 0 Å². The molecular weight excluding hydrogens is 326 g/mol. The van der Waals surface area contributed by atoms with Crippen LogP contribution in [0.1, 0.15) is 60.8 Å². The molecule has 0 amide bonds. The monoisotopic (exact) mass is 369 g/mol. The third-order valence-electron chi connectivity index (χ3n) is 3.49. The second kappa shape index (κ2) is 15.2. The minimum atomic E-state index is -0.366. The smallest absolute Gasteiger partial charge is 0.0745 e. The Hall–Kier alpha value is -0.940. The summed E-state index contributed by atoms with van der Waals surface area (Å²) in [4.78, 5) is 0. The molecule has 0 aromatic carbocycles. The van der Waals surface area contributed by atoms with E-state index in [1.54, 1.807) is 13.0 Å². The van der Waals surface area contributed by atoms with Crippen molar-refractivity contribution in [1.82, 2.24) is 5.32 Å². The fourth-order valence-corrected chi connectivity index (χ4v) is 2.87. The number of piperidine rings is 1. The van der Waals surface area contributed by atoms with E-state index in [1.807, 2.05) is 12.2 Å². The van der Waals surface area contributed by atoms with Crippen LogP contribution in [0.4, 0.5) is 0 Å². The number of hydrogen-bond acceptors (Lipinski definition) is 4. The lowest BCUT2D eigenvalue weighted by molar-refractivity contribution is -0.00965. The number of allylic oxidation sites excluding steroid dienone is 1. The van der Waals surface area contributed by atoms with Gasteiger partial charge in [0.1, 0.15) is 0 Å². The molecule has 0 aromatic heterocycles. The van der Waals surface area contributed by atoms with Gasteiger partial charge in [-0.25, -0.2) is 0 Å². The van der Waals surface area contributed by atoms with Crippen molar-refractivity contribution in [3.05, 3.63) is 38.0 Å². The number of aliphatic hydroxyl groups excluding tert-OH is 1. The van der Waals surface area contributed by atoms with E-state index in [0.717, 1.165) is 19.3 Å². The van der Waals surface area contributed by atoms with Crippen molar-refractivity contribution >= 4 is 0 Å². The Bertz CT molecular complexity index is 360. The van der Waals surface area contributed by atoms with Crippen LogP contribution in [0.15, 0.2) is 38.0 Å². The van der Waals surface area contributed by atoms with Crippen LogP contribution in [-0.4, -0.2) is 48.2 Å². The molecule has 0 aliphatic carbocycles. The number of rotatable bonds is 8. The summed E-state index contributed by atoms with van der Waals surface area (Å²) in [5.74, 6) is 0. The lowest BCUT2D eigenvalue weighted by atomic mass is 9.81. The van der Waals surface area contributed by atoms with Crippen LogP contribution >= 0.6 is 0 Å². The number of hydrogen-bond donors (Lipinski definition) is 2. The summed E-state index contributed by atoms with van der Waals surface area (Å²) in [6.07, 6.45) is 8.58. The van der Waals surface area contributed by atoms with Crippen LogP contribution in [0.2, 0.25) is 0 Å². The van der Waals surface area contributed by atoms with Crippen molar-refractivity contribution in [3.63, 3.8) is 0 Å². The molecule has 26 heavy (non-hydrogen) atoms. The van der Waals surface area contributed by atoms with E-state index in [0.29, 0.717) is 25.9 Å². The predicted octanol–water partition coefficient (Wildman–Crippen LogP) is 4.65. The Morgan fingerprint density at radius 3 is 1.85 bits per heavy atom. The highest BCUT2D eigenvalue weighted by Gasteiger charge is 2.37. The van der Waals surface area contributed by atoms with Crippen LogP contribution in [0, 0.1) is 0 Å². The Morgan fingerprint density at radius 1 is 1.04 bits per heavy atom. The van der Waals surface area contributed by atoms with Crippen molar-refractivity contribution in [3.8, 4) is 0 Å². The summed E-state index contributed by atoms with van der Waals surface area (Å²) in [5, 5.41) is 12.3. The van der Waals surface area contributed by atoms with Gasteiger partial charge >= 0.3 is 0 Å². The Kier molecular flexibility index (Phi) is 15.9. The predicted molar refractivity (Wildman–Crippen MR) is 114 cm³/mol. The molecule has 0 radical (unpaired) electrons. The molecule has 0 aromatic rings. The van der Waals surface area contributed by atoms with Crippen LogP contribution in [-0.2, 0) is 9.47 Å². The largest absolute Gasteiger partial charge is 0.391 e. The van der Waals surface area contributed by atoms with Gasteiger partial charge in [-0.2, -0.15) is 0 Å². The molecule has 154 valence electrons. The van der Waals surface area contributed by atoms with Crippen LogP contribution in [0.3, 0.4) is 0 Å². The first-order valence-electron chi connectivity index (χ1n) is 9.53. The lowest BCUT2D eigenvalue weighted by Crippen LogP contribution is -2.59. The number of aliphatic hydroxyl groups is 1. The van der Waals surface area contributed by atoms with E-state index in [4.69, 9.17) is 14.6 Å². The van der Waals surface area contributed by atoms with Gasteiger partial charge in [-0.1, -0.05) is 25.2 Å². The van der Waals surface area contributed by atoms with Crippen LogP contribution < -0.4 is 5.32 Å². The van der Waals surface area contributed by atoms with Crippen LogP contribution in [0.5, 0.6) is 0 Å². The average Bonchev–Trinajstić information content (AvgIpc) is 2.51. The van der Waals surface area contributed by atoms with Gasteiger partial charge in [0.25, 0.3) is 0 Å². The highest BCUT2D eigenvalue weighted by molar-refractivity contribution is 4.97. The van der Waals surface area contributed by atoms with Crippen molar-refractivity contribution in [2.24, 2.45) is 0 Å². The van der Waals surface area contributed by atoms with Gasteiger partial charge in [0.15, 0.2) is 0 Å². The quantitative estimate of drug-likeness (QED) is 0.483. The Balaban J connectivity index is 0. The minimum absolute atomic E-state index is 0.174. The molecule has 0 spiro atoms. The number of nitrogens with one attached hydrogen (secondary N) is 1. The fourth-order valence-electron chi connectivity index (χ4n) is 2.87. The maximum absolute atomic E-state index is 8.62. The zero-order chi connectivity index (χ0) is 20.6. The molecule has 0 saturated carbocycles. The SMILES string of the molecule is C=CCC.C=CCOC1CC(C)(C)NC(C)(C)C1.C=CCOCC(C)O. The fraction of sp³-hybridized carbons (Fsp3) is 0.727. The van der Waals surface area contributed by atoms with E-state index in [1.165, 1.54) is 0 Å². The summed E-state index contributed by atoms with van der Waals surface area (Å²) >= 11 is 0. The molecular formula is C22H43NO3. The second-order valence-electron chi connectivity index (χ2n) is 7.92. The highest BCUT2D eigenvalue weighted by Crippen LogP contribution is 2.30. The van der Waals surface area contributed by atoms with Crippen molar-refractivity contribution in [2.45, 2.75) is 84.1 Å². The normalized spacial score (nSPS) is 19.0. The van der Waals surface area contributed by atoms with Gasteiger partial charge in [0.05, 0.1) is 32.0 Å². The van der Waals surface area contributed by atoms with E-state index >= 15 is 0 Å². The first-order chi connectivity index (χ1) is 12.0. The molecule has 0 bridgehead atoms. The zero-order valence-electron chi connectivity index (χ0n) is 18.0. The van der Waals surface area contributed by atoms with E-state index < -0.39 is 0 Å². The van der Waals surface area contributed by atoms with E-state index in [2.05, 4.69) is 59.7 Å². The molecule has 1 aliphatic rings. The van der Waals surface area contributed by atoms with Gasteiger partial charge in [0.2, 0.25) is 0 Å². The zero-order valence-corrected chi connectivity index (χ0v) is 18.0. The van der Waals surface area contributed by atoms with E-state index in [-0.39, 0.29) is 17.2 Å². The maximum atomic E-state index is 8.62. The van der Waals surface area contributed by atoms with Gasteiger partial charge in [-0.15, -0.1) is 19.7 Å². The lowest BCUT2D eigenvalue weighted by Gasteiger charge is -2.46. The molecule has 4 nitrogen and oxygen atoms in total. The summed E-state index contributed by atoms with van der Waals surface area (Å²) in [7, 11) is 0. The molecule has 1 saturated heterocycles. The third-order valence-corrected chi connectivity index (χ3v) is 3.49. The molecule has 2 N–H and O–H groups in total. The Morgan fingerprint density at radius 2 is 1.50 bits per heavy atom. The standard InChI is InChI=1S/C12H23NO.C6H12O2.C4H8/c1-6-7-14-10-8-11(2,3)13-12(4,5)9-10;1-3-4-8-5-6(2)7;1-3-4-2/h6,10,13H,1,7-9H2,2-5H3;3,6-7H,1,4-5H2,2H3;3H,1,4H2,2H3. The molecule has 1 aliphatic heterocycles. The molecule has 1 unspecified atom stereocenters. The molecule has 1 heterocycles. The maximum Gasteiger partial charge on any atom is 0.0745 e. The number of ether oxygens (including phenoxy) is 2. The van der Waals surface area contributed by atoms with Gasteiger partial charge in [-0.3, -0.25) is 0 Å². The second-order valence-corrected chi connectivity index (χ2v) is 7.92. The van der Waals surface area contributed by atoms with Gasteiger partial charge in [0, 0.05) is 11.1 Å². The topological polar surface area (TPSA) is 50.7 Å². The third kappa shape index (κ3) is 17.9. The van der Waals surface area contributed by atoms with Gasteiger partial charge < -0.3 is 19.9 Å². The van der Waals surface area contributed by atoms with Gasteiger partial charge in [-0.05, 0) is 53.9 Å². The molecule has 1 rings (SSSR count). The summed E-state index contributed by atoms with van der Waals surface area (Å²) < 4.78 is 10.6. The van der Waals surface area contributed by atoms with E-state index in [9.17, 15) is 0 Å². The molecule has 4 heteroatoms. The Labute approximate surface area is 162 Å². The molecule has 1 fully saturated rings. The van der Waals surface area contributed by atoms with Crippen molar-refractivity contribution < 1.29 is 14.6 Å².